The molecule has 0 fully saturated rings. The number of benzene rings is 4. The Labute approximate surface area is 607 Å². The third kappa shape index (κ3) is 15.6. The van der Waals surface area contributed by atoms with Crippen LogP contribution in [0.4, 0.5) is 22.7 Å². The number of aromatic amines is 4. The number of hydrogen-bond donors (Lipinski definition) is 12. The number of para-hydroxylation sites is 1. The molecule has 4 amide bonds. The van der Waals surface area contributed by atoms with Crippen LogP contribution in [-0.2, 0) is 128 Å². The number of amides is 4. The van der Waals surface area contributed by atoms with Gasteiger partial charge in [0, 0.05) is 129 Å². The molecule has 0 saturated heterocycles. The van der Waals surface area contributed by atoms with Crippen molar-refractivity contribution in [3.63, 3.8) is 0 Å². The highest BCUT2D eigenvalue weighted by Gasteiger charge is 2.36. The number of aliphatic carboxylic acids is 4. The maximum absolute atomic E-state index is 12.6. The first-order chi connectivity index (χ1) is 50.3. The fourth-order valence-electron chi connectivity index (χ4n) is 16.6. The molecular weight excluding hydrogens is 1340 g/mol. The van der Waals surface area contributed by atoms with Crippen molar-refractivity contribution >= 4 is 105 Å². The quantitative estimate of drug-likeness (QED) is 0.0335. The number of anilines is 4. The van der Waals surface area contributed by atoms with Gasteiger partial charge < -0.3 is 66.4 Å². The topological polar surface area (TPSA) is 338 Å². The second-order valence-corrected chi connectivity index (χ2v) is 28.6. The van der Waals surface area contributed by atoms with E-state index in [9.17, 15) is 38.4 Å². The van der Waals surface area contributed by atoms with Crippen molar-refractivity contribution in [2.75, 3.05) is 28.4 Å². The summed E-state index contributed by atoms with van der Waals surface area (Å²) in [5.74, 6) is -3.21. The molecule has 8 heterocycles. The lowest BCUT2D eigenvalue weighted by Gasteiger charge is -2.13. The van der Waals surface area contributed by atoms with E-state index < -0.39 is 23.9 Å². The standard InChI is InChI=1S/C21H24N2O4.C21H24N2O3.C20H19ClN2O3.C20H20N2O3/c1-27-12-6-7-15-16(21(26)23-18(15)10-12)11-19-14(8-9-20(24)25)13-4-2-3-5-17(13)22-19;1-12-5-4-8-17-20(12)15(21(26)23-17)11-18-14(9-10-19(24)25)13-6-2-3-7-16(13)22-18;21-11-5-7-17-14(9-11)15(20(26)23-17)10-18-13(6-8-19(24)25)12-3-1-2-4-16(12)22-18;23-19(24)10-9-14-12-5-1-3-7-16(12)21-18(14)11-15-13-6-2-4-8-17(13)22-20(15)25/h6-7,10,16,22H,2-5,8-9,11H2,1H3,(H,23,26)(H,24,25);4-5,8,15,22H,2-3,6-7,9-11H2,1H3,(H,23,26)(H,24,25);5,7,9-10,22H,1-4,6,8H2,(H,23,26)(H,24,25);2,4,6,8,11,21H,1,3,5,7,9-10H2,(H,22,25)(H,23,24)/b;;15-10-;15-11-. The van der Waals surface area contributed by atoms with Crippen molar-refractivity contribution < 1.29 is 63.5 Å². The molecule has 540 valence electrons. The molecule has 2 atom stereocenters. The Morgan fingerprint density at radius 3 is 1.41 bits per heavy atom. The number of carbonyl (C=O) groups is 8. The summed E-state index contributed by atoms with van der Waals surface area (Å²) >= 11 is 6.10. The average Bonchev–Trinajstić information content (AvgIpc) is 1.64. The maximum Gasteiger partial charge on any atom is 0.303 e. The summed E-state index contributed by atoms with van der Waals surface area (Å²) < 4.78 is 5.24. The van der Waals surface area contributed by atoms with Crippen LogP contribution in [0.5, 0.6) is 5.75 Å². The first-order valence-electron chi connectivity index (χ1n) is 36.4. The van der Waals surface area contributed by atoms with E-state index in [-0.39, 0.29) is 61.1 Å². The van der Waals surface area contributed by atoms with Gasteiger partial charge in [-0.2, -0.15) is 0 Å². The molecule has 0 spiro atoms. The smallest absolute Gasteiger partial charge is 0.303 e. The molecule has 22 heteroatoms. The van der Waals surface area contributed by atoms with Crippen molar-refractivity contribution in [1.29, 1.82) is 0 Å². The van der Waals surface area contributed by atoms with Gasteiger partial charge in [-0.25, -0.2) is 0 Å². The number of fused-ring (bicyclic) bond motifs is 8. The number of methoxy groups -OCH3 is 1. The van der Waals surface area contributed by atoms with E-state index in [2.05, 4.69) is 41.2 Å². The van der Waals surface area contributed by atoms with E-state index in [1.54, 1.807) is 25.3 Å². The Bertz CT molecular complexity index is 4810. The number of aromatic nitrogens is 4. The highest BCUT2D eigenvalue weighted by molar-refractivity contribution is 6.37. The number of ether oxygens (including phenoxy) is 1. The lowest BCUT2D eigenvalue weighted by Crippen LogP contribution is -2.16. The number of rotatable bonds is 19. The minimum atomic E-state index is -0.815. The largest absolute Gasteiger partial charge is 0.497 e. The van der Waals surface area contributed by atoms with Gasteiger partial charge in [-0.15, -0.1) is 0 Å². The maximum atomic E-state index is 12.6. The van der Waals surface area contributed by atoms with E-state index in [0.29, 0.717) is 60.4 Å². The third-order valence-corrected chi connectivity index (χ3v) is 21.8. The summed E-state index contributed by atoms with van der Waals surface area (Å²) in [5, 5.41) is 48.7. The summed E-state index contributed by atoms with van der Waals surface area (Å²) in [7, 11) is 1.61. The number of carboxylic acids is 4. The van der Waals surface area contributed by atoms with E-state index in [0.717, 1.165) is 198 Å². The van der Waals surface area contributed by atoms with Crippen LogP contribution in [0.25, 0.3) is 23.3 Å². The van der Waals surface area contributed by atoms with Crippen LogP contribution in [-0.4, -0.2) is 95.0 Å². The number of halogens is 1. The van der Waals surface area contributed by atoms with E-state index in [1.165, 1.54) is 45.0 Å². The Balaban J connectivity index is 0.000000123. The lowest BCUT2D eigenvalue weighted by atomic mass is 9.88. The van der Waals surface area contributed by atoms with Crippen LogP contribution in [0.15, 0.2) is 78.9 Å². The number of hydrogen-bond acceptors (Lipinski definition) is 9. The van der Waals surface area contributed by atoms with Gasteiger partial charge in [-0.1, -0.05) is 48.0 Å². The van der Waals surface area contributed by atoms with Crippen molar-refractivity contribution in [2.45, 2.75) is 186 Å². The molecule has 2 unspecified atom stereocenters. The molecule has 4 aliphatic heterocycles. The average molecular weight is 1430 g/mol. The Morgan fingerprint density at radius 2 is 0.894 bits per heavy atom. The van der Waals surface area contributed by atoms with Gasteiger partial charge in [-0.3, -0.25) is 38.4 Å². The Morgan fingerprint density at radius 1 is 0.462 bits per heavy atom. The molecule has 21 nitrogen and oxygen atoms in total. The van der Waals surface area contributed by atoms with Gasteiger partial charge >= 0.3 is 23.9 Å². The van der Waals surface area contributed by atoms with Gasteiger partial charge in [0.1, 0.15) is 5.75 Å². The number of aryl methyl sites for hydroxylation is 5. The lowest BCUT2D eigenvalue weighted by molar-refractivity contribution is -0.138. The van der Waals surface area contributed by atoms with Gasteiger partial charge in [-0.05, 0) is 245 Å². The molecule has 12 N–H and O–H groups in total. The highest BCUT2D eigenvalue weighted by atomic mass is 35.5. The fourth-order valence-corrected chi connectivity index (χ4v) is 16.8. The normalized spacial score (nSPS) is 17.7. The fraction of sp³-hybridized carbons (Fsp3) is 0.366. The van der Waals surface area contributed by atoms with Crippen LogP contribution in [0.1, 0.15) is 207 Å². The minimum absolute atomic E-state index is 0.0185. The molecule has 8 aromatic rings. The molecule has 4 aromatic heterocycles. The van der Waals surface area contributed by atoms with E-state index in [4.69, 9.17) is 36.8 Å². The zero-order valence-corrected chi connectivity index (χ0v) is 59.3. The number of nitrogens with one attached hydrogen (secondary N) is 8. The molecular formula is C82H87ClN8O13. The molecule has 8 aliphatic rings. The van der Waals surface area contributed by atoms with Crippen molar-refractivity contribution in [3.8, 4) is 5.75 Å². The summed E-state index contributed by atoms with van der Waals surface area (Å²) in [5.41, 5.74) is 27.3. The van der Waals surface area contributed by atoms with Gasteiger partial charge in [0.05, 0.1) is 30.1 Å². The molecule has 104 heavy (non-hydrogen) atoms. The first kappa shape index (κ1) is 71.7. The number of H-pyrrole nitrogens is 4. The van der Waals surface area contributed by atoms with Crippen LogP contribution in [0, 0.1) is 6.92 Å². The second-order valence-electron chi connectivity index (χ2n) is 28.2. The van der Waals surface area contributed by atoms with Crippen LogP contribution in [0.2, 0.25) is 5.02 Å². The Hall–Kier alpha value is -10.7. The number of carbonyl (C=O) groups excluding carboxylic acids is 4. The third-order valence-electron chi connectivity index (χ3n) is 21.6. The van der Waals surface area contributed by atoms with Crippen molar-refractivity contribution in [3.05, 3.63) is 202 Å². The van der Waals surface area contributed by atoms with Crippen LogP contribution >= 0.6 is 11.6 Å². The molecule has 4 aromatic carbocycles. The molecule has 0 saturated carbocycles. The predicted octanol–water partition coefficient (Wildman–Crippen LogP) is 14.2. The van der Waals surface area contributed by atoms with E-state index in [1.807, 2.05) is 79.7 Å². The molecule has 0 radical (unpaired) electrons. The van der Waals surface area contributed by atoms with Gasteiger partial charge in [0.25, 0.3) is 11.8 Å². The first-order valence-corrected chi connectivity index (χ1v) is 36.7. The summed E-state index contributed by atoms with van der Waals surface area (Å²) in [6, 6.07) is 24.6. The summed E-state index contributed by atoms with van der Waals surface area (Å²) in [6.07, 6.45) is 24.3. The van der Waals surface area contributed by atoms with Gasteiger partial charge in [0.15, 0.2) is 0 Å². The molecule has 0 bridgehead atoms. The van der Waals surface area contributed by atoms with Crippen molar-refractivity contribution in [1.82, 2.24) is 19.9 Å². The summed E-state index contributed by atoms with van der Waals surface area (Å²) in [6.45, 7) is 2.04. The van der Waals surface area contributed by atoms with Crippen LogP contribution in [0.3, 0.4) is 0 Å². The van der Waals surface area contributed by atoms with Gasteiger partial charge in [0.2, 0.25) is 11.8 Å². The predicted molar refractivity (Wildman–Crippen MR) is 399 cm³/mol. The zero-order chi connectivity index (χ0) is 72.9. The zero-order valence-electron chi connectivity index (χ0n) is 58.5. The summed E-state index contributed by atoms with van der Waals surface area (Å²) in [4.78, 5) is 108. The SMILES string of the molecule is COc1ccc2c(c1)NC(=O)C2Cc1[nH]c2c(c1CCC(=O)O)CCCC2.Cc1cccc2c1C(Cc1[nH]c3c(c1CCC(=O)O)CCCC3)C(=O)N2.O=C(O)CCc1c(/C=C2\C(=O)Nc3ccc(Cl)cc32)[nH]c2c1CCCC2.O=C(O)CCc1c(/C=C2\C(=O)Nc3ccccc32)[nH]c2c1CCCC2. The number of carboxylic acid groups (broad SMARTS) is 4. The monoisotopic (exact) mass is 1430 g/mol. The Kier molecular flexibility index (Phi) is 21.7. The minimum Gasteiger partial charge on any atom is -0.497 e. The molecule has 4 aliphatic carbocycles. The van der Waals surface area contributed by atoms with Crippen LogP contribution < -0.4 is 26.0 Å². The highest BCUT2D eigenvalue weighted by Crippen LogP contribution is 2.43. The second kappa shape index (κ2) is 31.5. The van der Waals surface area contributed by atoms with Crippen molar-refractivity contribution in [2.24, 2.45) is 0 Å². The molecule has 16 rings (SSSR count). The van der Waals surface area contributed by atoms with E-state index >= 15 is 0 Å².